The maximum absolute atomic E-state index is 13.0. The summed E-state index contributed by atoms with van der Waals surface area (Å²) in [6.45, 7) is 5.17. The quantitative estimate of drug-likeness (QED) is 0.614. The highest BCUT2D eigenvalue weighted by Crippen LogP contribution is 2.40. The Bertz CT molecular complexity index is 1250. The van der Waals surface area contributed by atoms with Gasteiger partial charge in [0.2, 0.25) is 15.9 Å². The molecule has 0 saturated carbocycles. The second-order valence-electron chi connectivity index (χ2n) is 8.90. The highest BCUT2D eigenvalue weighted by molar-refractivity contribution is 7.90. The number of benzene rings is 2. The lowest BCUT2D eigenvalue weighted by Crippen LogP contribution is -2.45. The number of sulfonamides is 1. The number of amides is 1. The van der Waals surface area contributed by atoms with E-state index in [9.17, 15) is 13.2 Å². The van der Waals surface area contributed by atoms with E-state index in [4.69, 9.17) is 17.3 Å². The van der Waals surface area contributed by atoms with Crippen LogP contribution in [0, 0.1) is 0 Å². The summed E-state index contributed by atoms with van der Waals surface area (Å²) < 4.78 is 27.0. The van der Waals surface area contributed by atoms with Gasteiger partial charge in [0.05, 0.1) is 29.0 Å². The van der Waals surface area contributed by atoms with Gasteiger partial charge in [-0.3, -0.25) is 4.79 Å². The molecule has 9 heteroatoms. The van der Waals surface area contributed by atoms with E-state index in [0.717, 1.165) is 20.9 Å². The Labute approximate surface area is 186 Å². The lowest BCUT2D eigenvalue weighted by atomic mass is 10.0. The molecule has 2 heterocycles. The monoisotopic (exact) mass is 460 g/mol. The summed E-state index contributed by atoms with van der Waals surface area (Å²) in [4.78, 5) is 20.1. The zero-order valence-electron chi connectivity index (χ0n) is 17.6. The molecule has 1 aliphatic rings. The van der Waals surface area contributed by atoms with Crippen molar-refractivity contribution in [2.45, 2.75) is 50.4 Å². The minimum Gasteiger partial charge on any atom is -0.341 e. The summed E-state index contributed by atoms with van der Waals surface area (Å²) in [5, 5.41) is -0.237. The lowest BCUT2D eigenvalue weighted by molar-refractivity contribution is -0.128. The van der Waals surface area contributed by atoms with Crippen LogP contribution in [0.25, 0.3) is 11.0 Å². The minimum atomic E-state index is -3.75. The van der Waals surface area contributed by atoms with Gasteiger partial charge in [-0.1, -0.05) is 35.9 Å². The molecule has 1 aliphatic heterocycles. The van der Waals surface area contributed by atoms with E-state index in [2.05, 4.69) is 9.97 Å². The van der Waals surface area contributed by atoms with E-state index in [1.165, 1.54) is 0 Å². The molecule has 1 amide bonds. The Morgan fingerprint density at radius 1 is 1.23 bits per heavy atom. The smallest absolute Gasteiger partial charge is 0.245 e. The first-order chi connectivity index (χ1) is 14.5. The molecule has 2 atom stereocenters. The summed E-state index contributed by atoms with van der Waals surface area (Å²) in [5.74, 6) is 0.291. The zero-order valence-corrected chi connectivity index (χ0v) is 19.2. The van der Waals surface area contributed by atoms with E-state index in [1.54, 1.807) is 45.0 Å². The van der Waals surface area contributed by atoms with Gasteiger partial charge in [0.15, 0.2) is 0 Å². The number of rotatable bonds is 4. The van der Waals surface area contributed by atoms with Gasteiger partial charge in [-0.05, 0) is 56.5 Å². The Morgan fingerprint density at radius 2 is 1.90 bits per heavy atom. The fourth-order valence-corrected chi connectivity index (χ4v) is 6.46. The number of hydrogen-bond donors (Lipinski definition) is 2. The molecule has 1 aromatic heterocycles. The first-order valence-electron chi connectivity index (χ1n) is 10.0. The summed E-state index contributed by atoms with van der Waals surface area (Å²) >= 11 is 6.02. The van der Waals surface area contributed by atoms with Gasteiger partial charge >= 0.3 is 0 Å². The molecular weight excluding hydrogens is 436 g/mol. The van der Waals surface area contributed by atoms with Crippen molar-refractivity contribution in [1.29, 1.82) is 0 Å². The van der Waals surface area contributed by atoms with Crippen LogP contribution in [0.2, 0.25) is 5.02 Å². The van der Waals surface area contributed by atoms with Crippen molar-refractivity contribution < 1.29 is 13.2 Å². The van der Waals surface area contributed by atoms with Crippen LogP contribution in [0.5, 0.6) is 0 Å². The van der Waals surface area contributed by atoms with Crippen LogP contribution in [-0.2, 0) is 21.2 Å². The van der Waals surface area contributed by atoms with Crippen molar-refractivity contribution in [2.24, 2.45) is 5.73 Å². The first-order valence-corrected chi connectivity index (χ1v) is 11.9. The lowest BCUT2D eigenvalue weighted by Gasteiger charge is -2.30. The van der Waals surface area contributed by atoms with E-state index in [-0.39, 0.29) is 18.4 Å². The third kappa shape index (κ3) is 4.07. The Balaban J connectivity index is 1.52. The van der Waals surface area contributed by atoms with Crippen molar-refractivity contribution in [1.82, 2.24) is 14.3 Å². The number of nitrogens with one attached hydrogen (secondary N) is 1. The molecule has 1 unspecified atom stereocenters. The van der Waals surface area contributed by atoms with E-state index >= 15 is 0 Å². The normalized spacial score (nSPS) is 19.8. The van der Waals surface area contributed by atoms with Crippen LogP contribution in [0.3, 0.4) is 0 Å². The molecule has 4 rings (SSSR count). The summed E-state index contributed by atoms with van der Waals surface area (Å²) in [6.07, 6.45) is 0.484. The van der Waals surface area contributed by atoms with Crippen LogP contribution < -0.4 is 5.73 Å². The maximum atomic E-state index is 13.0. The minimum absolute atomic E-state index is 0.0417. The molecule has 1 saturated heterocycles. The number of nitrogens with two attached hydrogens (primary N) is 1. The van der Waals surface area contributed by atoms with E-state index in [0.29, 0.717) is 22.8 Å². The number of H-pyrrole nitrogens is 1. The van der Waals surface area contributed by atoms with Gasteiger partial charge in [-0.2, -0.15) is 0 Å². The van der Waals surface area contributed by atoms with Crippen LogP contribution in [0.4, 0.5) is 0 Å². The molecule has 3 aromatic rings. The summed E-state index contributed by atoms with van der Waals surface area (Å²) in [7, 11) is -3.75. The molecule has 31 heavy (non-hydrogen) atoms. The topological polar surface area (TPSA) is 109 Å². The second kappa shape index (κ2) is 7.62. The number of halogens is 1. The molecule has 2 aromatic carbocycles. The van der Waals surface area contributed by atoms with Crippen molar-refractivity contribution in [3.05, 3.63) is 64.4 Å². The van der Waals surface area contributed by atoms with Crippen LogP contribution in [-0.4, -0.2) is 34.1 Å². The standard InChI is InChI=1S/C22H25ClN4O3S/c1-22(2,3)27-20(28)12-19(31(27,29)30)14-6-4-13(5-7-14)10-16(24)21-25-17-9-8-15(23)11-18(17)26-21/h4-9,11,16,19H,10,12,24H2,1-3H3,(H,25,26)/t16-,19?/m0/s1. The molecular formula is C22H25ClN4O3S. The number of aromatic nitrogens is 2. The number of fused-ring (bicyclic) bond motifs is 1. The zero-order chi connectivity index (χ0) is 22.6. The van der Waals surface area contributed by atoms with Gasteiger partial charge in [0.1, 0.15) is 11.1 Å². The molecule has 1 fully saturated rings. The van der Waals surface area contributed by atoms with Crippen molar-refractivity contribution in [3.8, 4) is 0 Å². The fourth-order valence-electron chi connectivity index (χ4n) is 4.06. The second-order valence-corrected chi connectivity index (χ2v) is 11.3. The molecule has 3 N–H and O–H groups in total. The highest BCUT2D eigenvalue weighted by atomic mass is 35.5. The molecule has 0 radical (unpaired) electrons. The van der Waals surface area contributed by atoms with Gasteiger partial charge in [0.25, 0.3) is 0 Å². The van der Waals surface area contributed by atoms with Crippen molar-refractivity contribution in [2.75, 3.05) is 0 Å². The molecule has 0 spiro atoms. The van der Waals surface area contributed by atoms with E-state index < -0.39 is 20.8 Å². The average Bonchev–Trinajstić information content (AvgIpc) is 3.19. The number of nitrogens with zero attached hydrogens (tertiary/aromatic N) is 2. The van der Waals surface area contributed by atoms with E-state index in [1.807, 2.05) is 18.2 Å². The number of hydrogen-bond acceptors (Lipinski definition) is 5. The highest BCUT2D eigenvalue weighted by Gasteiger charge is 2.49. The number of imidazole rings is 1. The van der Waals surface area contributed by atoms with Crippen LogP contribution >= 0.6 is 11.6 Å². The van der Waals surface area contributed by atoms with Crippen molar-refractivity contribution >= 4 is 38.6 Å². The Morgan fingerprint density at radius 3 is 2.52 bits per heavy atom. The van der Waals surface area contributed by atoms with Crippen molar-refractivity contribution in [3.63, 3.8) is 0 Å². The van der Waals surface area contributed by atoms with Gasteiger partial charge in [0, 0.05) is 5.02 Å². The van der Waals surface area contributed by atoms with Crippen LogP contribution in [0.15, 0.2) is 42.5 Å². The molecule has 0 aliphatic carbocycles. The largest absolute Gasteiger partial charge is 0.341 e. The maximum Gasteiger partial charge on any atom is 0.245 e. The van der Waals surface area contributed by atoms with Crippen LogP contribution in [0.1, 0.15) is 55.4 Å². The molecule has 7 nitrogen and oxygen atoms in total. The molecule has 164 valence electrons. The summed E-state index contributed by atoms with van der Waals surface area (Å²) in [5.41, 5.74) is 8.74. The van der Waals surface area contributed by atoms with Gasteiger partial charge in [-0.15, -0.1) is 0 Å². The Hall–Kier alpha value is -2.42. The third-order valence-corrected chi connectivity index (χ3v) is 8.08. The Kier molecular flexibility index (Phi) is 5.36. The summed E-state index contributed by atoms with van der Waals surface area (Å²) in [6, 6.07) is 12.3. The fraction of sp³-hybridized carbons (Fsp3) is 0.364. The predicted molar refractivity (Wildman–Crippen MR) is 121 cm³/mol. The predicted octanol–water partition coefficient (Wildman–Crippen LogP) is 3.86. The first kappa shape index (κ1) is 21.8. The number of carbonyl (C=O) groups excluding carboxylic acids is 1. The van der Waals surface area contributed by atoms with Gasteiger partial charge in [-0.25, -0.2) is 17.7 Å². The van der Waals surface area contributed by atoms with Gasteiger partial charge < -0.3 is 10.7 Å². The number of aromatic amines is 1. The number of carbonyl (C=O) groups is 1. The SMILES string of the molecule is CC(C)(C)N1C(=O)CC(c2ccc(C[C@H](N)c3nc4ccc(Cl)cc4[nH]3)cc2)S1(=O)=O. The average molecular weight is 461 g/mol. The molecule has 0 bridgehead atoms. The third-order valence-electron chi connectivity index (χ3n) is 5.43.